The highest BCUT2D eigenvalue weighted by Gasteiger charge is 2.39. The Morgan fingerprint density at radius 1 is 0.905 bits per heavy atom. The van der Waals surface area contributed by atoms with Gasteiger partial charge in [0.1, 0.15) is 5.82 Å². The second kappa shape index (κ2) is 10.8. The summed E-state index contributed by atoms with van der Waals surface area (Å²) < 4.78 is 2.23. The number of primary amides is 1. The van der Waals surface area contributed by atoms with Crippen LogP contribution in [0.5, 0.6) is 0 Å². The molecule has 0 saturated carbocycles. The van der Waals surface area contributed by atoms with Crippen molar-refractivity contribution < 1.29 is 14.7 Å². The van der Waals surface area contributed by atoms with Gasteiger partial charge in [0.2, 0.25) is 0 Å². The molecule has 0 fully saturated rings. The van der Waals surface area contributed by atoms with Crippen molar-refractivity contribution in [1.29, 1.82) is 0 Å². The minimum absolute atomic E-state index is 0.170. The van der Waals surface area contributed by atoms with Gasteiger partial charge >= 0.3 is 0 Å². The molecule has 4 aromatic carbocycles. The van der Waals surface area contributed by atoms with Gasteiger partial charge in [0, 0.05) is 36.2 Å². The highest BCUT2D eigenvalue weighted by Crippen LogP contribution is 2.38. The highest BCUT2D eigenvalue weighted by molar-refractivity contribution is 6.08. The Hall–Kier alpha value is -5.01. The summed E-state index contributed by atoms with van der Waals surface area (Å²) in [7, 11) is 0. The van der Waals surface area contributed by atoms with Crippen LogP contribution in [0, 0.1) is 13.8 Å². The number of amides is 2. The first-order valence-corrected chi connectivity index (χ1v) is 14.0. The van der Waals surface area contributed by atoms with Crippen LogP contribution in [-0.2, 0) is 23.4 Å². The van der Waals surface area contributed by atoms with E-state index >= 15 is 0 Å². The molecule has 1 aromatic heterocycles. The molecule has 1 aliphatic heterocycles. The molecular weight excluding hydrogens is 524 g/mol. The molecule has 0 spiro atoms. The summed E-state index contributed by atoms with van der Waals surface area (Å²) in [6, 6.07) is 31.8. The van der Waals surface area contributed by atoms with Crippen molar-refractivity contribution in [2.45, 2.75) is 32.4 Å². The third-order valence-corrected chi connectivity index (χ3v) is 8.09. The minimum atomic E-state index is -2.02. The van der Waals surface area contributed by atoms with Crippen LogP contribution in [0.4, 0.5) is 5.69 Å². The molecule has 7 nitrogen and oxygen atoms in total. The lowest BCUT2D eigenvalue weighted by Crippen LogP contribution is -2.42. The molecule has 210 valence electrons. The molecule has 0 bridgehead atoms. The summed E-state index contributed by atoms with van der Waals surface area (Å²) >= 11 is 0. The van der Waals surface area contributed by atoms with E-state index in [-0.39, 0.29) is 5.91 Å². The molecule has 1 atom stereocenters. The number of hydrogen-bond acceptors (Lipinski definition) is 4. The average Bonchev–Trinajstić information content (AvgIpc) is 3.21. The Morgan fingerprint density at radius 3 is 2.26 bits per heavy atom. The molecule has 6 rings (SSSR count). The number of para-hydroxylation sites is 1. The molecule has 1 unspecified atom stereocenters. The molecule has 1 aliphatic rings. The zero-order valence-corrected chi connectivity index (χ0v) is 23.6. The maximum atomic E-state index is 14.1. The number of aryl methyl sites for hydroxylation is 2. The zero-order valence-electron chi connectivity index (χ0n) is 23.6. The van der Waals surface area contributed by atoms with Crippen molar-refractivity contribution in [1.82, 2.24) is 9.55 Å². The van der Waals surface area contributed by atoms with Crippen molar-refractivity contribution in [3.05, 3.63) is 142 Å². The van der Waals surface area contributed by atoms with Crippen molar-refractivity contribution in [2.75, 3.05) is 11.4 Å². The van der Waals surface area contributed by atoms with Gasteiger partial charge in [0.05, 0.1) is 17.1 Å². The Labute approximate surface area is 244 Å². The first kappa shape index (κ1) is 27.2. The monoisotopic (exact) mass is 556 g/mol. The number of fused-ring (bicyclic) bond motifs is 3. The van der Waals surface area contributed by atoms with E-state index in [0.29, 0.717) is 41.8 Å². The fraction of sp³-hybridized carbons (Fsp3) is 0.171. The average molecular weight is 557 g/mol. The number of hydrogen-bond donors (Lipinski definition) is 2. The molecule has 2 amide bonds. The summed E-state index contributed by atoms with van der Waals surface area (Å²) in [5.74, 6) is -0.116. The lowest BCUT2D eigenvalue weighted by atomic mass is 9.82. The second-order valence-electron chi connectivity index (χ2n) is 10.7. The van der Waals surface area contributed by atoms with E-state index in [4.69, 9.17) is 10.7 Å². The SMILES string of the molecule is Cc1cc(C(=O)N2CCc3nc(C)n(Cc4ccccc4)c3-c3ccccc32)ccc1C(O)(C(N)=O)c1ccccc1. The van der Waals surface area contributed by atoms with E-state index in [1.807, 2.05) is 49.4 Å². The zero-order chi connectivity index (χ0) is 29.4. The molecule has 0 aliphatic carbocycles. The summed E-state index contributed by atoms with van der Waals surface area (Å²) in [5.41, 5.74) is 10.4. The number of nitrogens with two attached hydrogens (primary N) is 1. The number of carbonyl (C=O) groups is 2. The summed E-state index contributed by atoms with van der Waals surface area (Å²) in [6.45, 7) is 4.94. The molecule has 7 heteroatoms. The van der Waals surface area contributed by atoms with Gasteiger partial charge in [0.25, 0.3) is 11.8 Å². The van der Waals surface area contributed by atoms with Gasteiger partial charge in [0.15, 0.2) is 5.60 Å². The Balaban J connectivity index is 1.38. The predicted molar refractivity (Wildman–Crippen MR) is 163 cm³/mol. The third-order valence-electron chi connectivity index (χ3n) is 8.09. The van der Waals surface area contributed by atoms with Crippen LogP contribution >= 0.6 is 0 Å². The van der Waals surface area contributed by atoms with E-state index in [9.17, 15) is 14.7 Å². The third kappa shape index (κ3) is 4.58. The summed E-state index contributed by atoms with van der Waals surface area (Å²) in [4.78, 5) is 33.4. The number of carbonyl (C=O) groups excluding carboxylic acids is 2. The first-order valence-electron chi connectivity index (χ1n) is 14.0. The van der Waals surface area contributed by atoms with Crippen molar-refractivity contribution >= 4 is 17.5 Å². The van der Waals surface area contributed by atoms with Crippen LogP contribution in [0.25, 0.3) is 11.3 Å². The van der Waals surface area contributed by atoms with Crippen LogP contribution in [0.3, 0.4) is 0 Å². The number of benzene rings is 4. The quantitative estimate of drug-likeness (QED) is 0.302. The highest BCUT2D eigenvalue weighted by atomic mass is 16.3. The Bertz CT molecular complexity index is 1800. The van der Waals surface area contributed by atoms with E-state index in [1.165, 1.54) is 5.56 Å². The van der Waals surface area contributed by atoms with Crippen molar-refractivity contribution in [3.8, 4) is 11.3 Å². The maximum absolute atomic E-state index is 14.1. The summed E-state index contributed by atoms with van der Waals surface area (Å²) in [6.07, 6.45) is 0.602. The fourth-order valence-electron chi connectivity index (χ4n) is 5.99. The van der Waals surface area contributed by atoms with Crippen LogP contribution in [0.1, 0.15) is 44.1 Å². The van der Waals surface area contributed by atoms with Gasteiger partial charge < -0.3 is 20.3 Å². The fourth-order valence-corrected chi connectivity index (χ4v) is 5.99. The normalized spacial score (nSPS) is 13.9. The van der Waals surface area contributed by atoms with Gasteiger partial charge in [-0.25, -0.2) is 4.98 Å². The van der Waals surface area contributed by atoms with E-state index < -0.39 is 11.5 Å². The van der Waals surface area contributed by atoms with Crippen LogP contribution in [0.2, 0.25) is 0 Å². The predicted octanol–water partition coefficient (Wildman–Crippen LogP) is 5.14. The first-order chi connectivity index (χ1) is 20.3. The number of anilines is 1. The van der Waals surface area contributed by atoms with Crippen molar-refractivity contribution in [3.63, 3.8) is 0 Å². The van der Waals surface area contributed by atoms with Gasteiger partial charge in [-0.05, 0) is 48.7 Å². The molecule has 5 aromatic rings. The van der Waals surface area contributed by atoms with E-state index in [0.717, 1.165) is 28.5 Å². The smallest absolute Gasteiger partial charge is 0.258 e. The largest absolute Gasteiger partial charge is 0.372 e. The van der Waals surface area contributed by atoms with Crippen LogP contribution in [0.15, 0.2) is 103 Å². The van der Waals surface area contributed by atoms with Gasteiger partial charge in [-0.3, -0.25) is 9.59 Å². The number of aliphatic hydroxyl groups is 1. The van der Waals surface area contributed by atoms with Gasteiger partial charge in [-0.2, -0.15) is 0 Å². The number of aromatic nitrogens is 2. The number of nitrogens with zero attached hydrogens (tertiary/aromatic N) is 3. The molecular formula is C35H32N4O3. The Kier molecular flexibility index (Phi) is 6.96. The Morgan fingerprint density at radius 2 is 1.57 bits per heavy atom. The van der Waals surface area contributed by atoms with Crippen LogP contribution < -0.4 is 10.6 Å². The lowest BCUT2D eigenvalue weighted by molar-refractivity contribution is -0.133. The number of rotatable bonds is 6. The topological polar surface area (TPSA) is 101 Å². The van der Waals surface area contributed by atoms with Gasteiger partial charge in [-0.1, -0.05) is 84.9 Å². The molecule has 0 saturated heterocycles. The standard InChI is InChI=1S/C35H32N4O3/c1-23-21-26(17-18-29(23)35(42,34(36)41)27-13-7-4-8-14-27)33(40)38-20-19-30-32(28-15-9-10-16-31(28)38)39(24(2)37-30)22-25-11-5-3-6-12-25/h3-18,21,42H,19-20,22H2,1-2H3,(H2,36,41). The van der Waals surface area contributed by atoms with Crippen molar-refractivity contribution in [2.24, 2.45) is 5.73 Å². The molecule has 3 N–H and O–H groups in total. The summed E-state index contributed by atoms with van der Waals surface area (Å²) in [5, 5.41) is 11.5. The van der Waals surface area contributed by atoms with E-state index in [2.05, 4.69) is 16.7 Å². The minimum Gasteiger partial charge on any atom is -0.372 e. The number of imidazole rings is 1. The lowest BCUT2D eigenvalue weighted by Gasteiger charge is -2.28. The maximum Gasteiger partial charge on any atom is 0.258 e. The molecule has 2 heterocycles. The second-order valence-corrected chi connectivity index (χ2v) is 10.7. The van der Waals surface area contributed by atoms with E-state index in [1.54, 1.807) is 60.4 Å². The van der Waals surface area contributed by atoms with Crippen LogP contribution in [-0.4, -0.2) is 33.0 Å². The molecule has 0 radical (unpaired) electrons. The van der Waals surface area contributed by atoms with Gasteiger partial charge in [-0.15, -0.1) is 0 Å². The molecule has 42 heavy (non-hydrogen) atoms.